The number of para-hydroxylation sites is 1. The highest BCUT2D eigenvalue weighted by Gasteiger charge is 2.24. The van der Waals surface area contributed by atoms with Crippen molar-refractivity contribution >= 4 is 91.7 Å². The van der Waals surface area contributed by atoms with Gasteiger partial charge in [-0.3, -0.25) is 0 Å². The quantitative estimate of drug-likeness (QED) is 0.176. The Morgan fingerprint density at radius 1 is 0.354 bits per heavy atom. The van der Waals surface area contributed by atoms with E-state index in [1.807, 2.05) is 11.3 Å². The Bertz CT molecular complexity index is 2850. The van der Waals surface area contributed by atoms with Crippen molar-refractivity contribution in [3.05, 3.63) is 176 Å². The zero-order chi connectivity index (χ0) is 31.6. The van der Waals surface area contributed by atoms with Crippen molar-refractivity contribution < 1.29 is 0 Å². The van der Waals surface area contributed by atoms with Gasteiger partial charge in [0.2, 0.25) is 0 Å². The van der Waals surface area contributed by atoms with Gasteiger partial charge in [0, 0.05) is 31.1 Å². The predicted molar refractivity (Wildman–Crippen MR) is 209 cm³/mol. The van der Waals surface area contributed by atoms with Crippen LogP contribution >= 0.6 is 11.3 Å². The fourth-order valence-corrected chi connectivity index (χ4v) is 8.94. The van der Waals surface area contributed by atoms with E-state index >= 15 is 0 Å². The molecule has 0 spiro atoms. The van der Waals surface area contributed by atoms with Gasteiger partial charge in [0.1, 0.15) is 0 Å². The molecule has 0 fully saturated rings. The number of hydrogen-bond donors (Lipinski definition) is 0. The lowest BCUT2D eigenvalue weighted by Crippen LogP contribution is -2.12. The van der Waals surface area contributed by atoms with Crippen molar-refractivity contribution in [2.45, 2.75) is 0 Å². The van der Waals surface area contributed by atoms with Crippen LogP contribution in [-0.4, -0.2) is 0 Å². The molecule has 10 rings (SSSR count). The number of hydrogen-bond acceptors (Lipinski definition) is 2. The monoisotopic (exact) mass is 627 g/mol. The molecule has 0 aliphatic carbocycles. The summed E-state index contributed by atoms with van der Waals surface area (Å²) in [6.07, 6.45) is 0. The predicted octanol–water partition coefficient (Wildman–Crippen LogP) is 13.8. The molecule has 0 aliphatic heterocycles. The average Bonchev–Trinajstić information content (AvgIpc) is 3.55. The zero-order valence-electron chi connectivity index (χ0n) is 26.1. The maximum Gasteiger partial charge on any atom is 0.0555 e. The molecule has 0 saturated heterocycles. The second kappa shape index (κ2) is 10.8. The van der Waals surface area contributed by atoms with Crippen molar-refractivity contribution in [1.82, 2.24) is 0 Å². The van der Waals surface area contributed by atoms with Gasteiger partial charge in [0.15, 0.2) is 0 Å². The Kier molecular flexibility index (Phi) is 6.12. The fourth-order valence-electron chi connectivity index (χ4n) is 7.68. The average molecular weight is 628 g/mol. The third-order valence-corrected chi connectivity index (χ3v) is 11.0. The highest BCUT2D eigenvalue weighted by Crippen LogP contribution is 2.50. The third-order valence-electron chi connectivity index (χ3n) is 9.80. The minimum absolute atomic E-state index is 1.15. The summed E-state index contributed by atoms with van der Waals surface area (Å²) in [6.45, 7) is 0. The first kappa shape index (κ1) is 27.2. The molecule has 1 aromatic heterocycles. The fraction of sp³-hybridized carbons (Fsp3) is 0. The summed E-state index contributed by atoms with van der Waals surface area (Å²) in [5, 5.41) is 12.7. The van der Waals surface area contributed by atoms with E-state index in [-0.39, 0.29) is 0 Å². The van der Waals surface area contributed by atoms with Crippen molar-refractivity contribution in [2.75, 3.05) is 4.90 Å². The molecular weight excluding hydrogens is 599 g/mol. The van der Waals surface area contributed by atoms with Crippen LogP contribution in [0.4, 0.5) is 17.1 Å². The molecule has 224 valence electrons. The van der Waals surface area contributed by atoms with Crippen LogP contribution in [0.2, 0.25) is 0 Å². The lowest BCUT2D eigenvalue weighted by molar-refractivity contribution is 1.32. The standard InChI is InChI=1S/C46H29NS/c1-2-13-30(14-3-1)34-17-10-11-22-40(34)47(41-23-12-24-43-45(41)39-28-27-32-16-5-7-19-36(32)46(39)48-43)42-29-33-26-25-31-15-4-6-18-35(31)44(33)38-21-9-8-20-37(38)42/h1-29H. The van der Waals surface area contributed by atoms with E-state index in [2.05, 4.69) is 181 Å². The molecule has 0 saturated carbocycles. The van der Waals surface area contributed by atoms with Crippen LogP contribution in [0.5, 0.6) is 0 Å². The Labute approximate surface area is 282 Å². The van der Waals surface area contributed by atoms with Gasteiger partial charge in [-0.2, -0.15) is 0 Å². The topological polar surface area (TPSA) is 3.24 Å². The second-order valence-corrected chi connectivity index (χ2v) is 13.5. The van der Waals surface area contributed by atoms with Crippen LogP contribution in [0, 0.1) is 0 Å². The normalized spacial score (nSPS) is 11.8. The summed E-state index contributed by atoms with van der Waals surface area (Å²) in [5.74, 6) is 0. The first-order chi connectivity index (χ1) is 23.8. The van der Waals surface area contributed by atoms with Gasteiger partial charge in [0.25, 0.3) is 0 Å². The number of benzene rings is 9. The molecule has 0 aliphatic rings. The largest absolute Gasteiger partial charge is 0.309 e. The molecule has 9 aromatic carbocycles. The van der Waals surface area contributed by atoms with Crippen molar-refractivity contribution in [3.63, 3.8) is 0 Å². The first-order valence-electron chi connectivity index (χ1n) is 16.4. The van der Waals surface area contributed by atoms with Gasteiger partial charge in [-0.05, 0) is 67.5 Å². The first-order valence-corrected chi connectivity index (χ1v) is 17.3. The van der Waals surface area contributed by atoms with Gasteiger partial charge in [0.05, 0.1) is 17.1 Å². The van der Waals surface area contributed by atoms with E-state index in [1.54, 1.807) is 0 Å². The van der Waals surface area contributed by atoms with E-state index in [4.69, 9.17) is 0 Å². The van der Waals surface area contributed by atoms with E-state index < -0.39 is 0 Å². The second-order valence-electron chi connectivity index (χ2n) is 12.5. The summed E-state index contributed by atoms with van der Waals surface area (Å²) in [5.41, 5.74) is 5.90. The summed E-state index contributed by atoms with van der Waals surface area (Å²) >= 11 is 1.89. The minimum atomic E-state index is 1.15. The highest BCUT2D eigenvalue weighted by molar-refractivity contribution is 7.26. The Hall–Kier alpha value is -5.96. The number of thiophene rings is 1. The zero-order valence-corrected chi connectivity index (χ0v) is 26.9. The lowest BCUT2D eigenvalue weighted by atomic mass is 9.94. The summed E-state index contributed by atoms with van der Waals surface area (Å²) in [7, 11) is 0. The van der Waals surface area contributed by atoms with E-state index in [9.17, 15) is 0 Å². The van der Waals surface area contributed by atoms with E-state index in [0.717, 1.165) is 5.69 Å². The molecule has 0 radical (unpaired) electrons. The minimum Gasteiger partial charge on any atom is -0.309 e. The van der Waals surface area contributed by atoms with Gasteiger partial charge in [-0.1, -0.05) is 152 Å². The maximum absolute atomic E-state index is 2.53. The summed E-state index contributed by atoms with van der Waals surface area (Å²) < 4.78 is 2.62. The van der Waals surface area contributed by atoms with E-state index in [1.165, 1.54) is 85.8 Å². The van der Waals surface area contributed by atoms with Crippen molar-refractivity contribution in [1.29, 1.82) is 0 Å². The van der Waals surface area contributed by atoms with Crippen LogP contribution in [0.3, 0.4) is 0 Å². The number of anilines is 3. The van der Waals surface area contributed by atoms with Gasteiger partial charge in [-0.25, -0.2) is 0 Å². The molecule has 0 N–H and O–H groups in total. The maximum atomic E-state index is 2.53. The molecule has 10 aromatic rings. The summed E-state index contributed by atoms with van der Waals surface area (Å²) in [6, 6.07) is 64.5. The molecule has 1 nitrogen and oxygen atoms in total. The van der Waals surface area contributed by atoms with Gasteiger partial charge >= 0.3 is 0 Å². The molecule has 0 bridgehead atoms. The Morgan fingerprint density at radius 3 is 1.83 bits per heavy atom. The highest BCUT2D eigenvalue weighted by atomic mass is 32.1. The summed E-state index contributed by atoms with van der Waals surface area (Å²) in [4.78, 5) is 2.53. The smallest absolute Gasteiger partial charge is 0.0555 e. The van der Waals surface area contributed by atoms with Crippen LogP contribution < -0.4 is 4.90 Å². The van der Waals surface area contributed by atoms with Crippen LogP contribution in [0.15, 0.2) is 176 Å². The number of rotatable bonds is 4. The molecule has 2 heteroatoms. The molecule has 48 heavy (non-hydrogen) atoms. The Morgan fingerprint density at radius 2 is 0.979 bits per heavy atom. The van der Waals surface area contributed by atoms with Gasteiger partial charge < -0.3 is 4.90 Å². The molecule has 0 unspecified atom stereocenters. The van der Waals surface area contributed by atoms with Crippen LogP contribution in [0.1, 0.15) is 0 Å². The molecule has 0 amide bonds. The number of fused-ring (bicyclic) bond motifs is 10. The van der Waals surface area contributed by atoms with Crippen molar-refractivity contribution in [2.24, 2.45) is 0 Å². The van der Waals surface area contributed by atoms with Crippen LogP contribution in [-0.2, 0) is 0 Å². The molecule has 1 heterocycles. The third kappa shape index (κ3) is 4.10. The lowest BCUT2D eigenvalue weighted by Gasteiger charge is -2.30. The SMILES string of the molecule is c1ccc(-c2ccccc2N(c2cc3ccc4ccccc4c3c3ccccc23)c2cccc3sc4c5ccccc5ccc4c23)cc1. The molecular formula is C46H29NS. The van der Waals surface area contributed by atoms with E-state index in [0.29, 0.717) is 0 Å². The Balaban J connectivity index is 1.36. The van der Waals surface area contributed by atoms with Gasteiger partial charge in [-0.15, -0.1) is 11.3 Å². The number of nitrogens with zero attached hydrogens (tertiary/aromatic N) is 1. The van der Waals surface area contributed by atoms with Crippen LogP contribution in [0.25, 0.3) is 74.4 Å². The molecule has 0 atom stereocenters. The van der Waals surface area contributed by atoms with Crippen molar-refractivity contribution in [3.8, 4) is 11.1 Å².